The van der Waals surface area contributed by atoms with Crippen molar-refractivity contribution in [2.45, 2.75) is 25.9 Å². The average Bonchev–Trinajstić information content (AvgIpc) is 2.43. The molecule has 1 aliphatic heterocycles. The quantitative estimate of drug-likeness (QED) is 0.740. The number of nitrogens with one attached hydrogen (secondary N) is 2. The van der Waals surface area contributed by atoms with Crippen LogP contribution in [0.1, 0.15) is 18.1 Å². The third-order valence-electron chi connectivity index (χ3n) is 3.40. The second-order valence-electron chi connectivity index (χ2n) is 4.89. The highest BCUT2D eigenvalue weighted by atomic mass is 16.4. The molecule has 1 unspecified atom stereocenters. The Hall–Kier alpha value is -1.88. The molecule has 2 rings (SSSR count). The smallest absolute Gasteiger partial charge is 0.308 e. The third-order valence-corrected chi connectivity index (χ3v) is 3.40. The molecule has 0 aromatic heterocycles. The van der Waals surface area contributed by atoms with Gasteiger partial charge in [0.2, 0.25) is 5.91 Å². The van der Waals surface area contributed by atoms with Crippen molar-refractivity contribution in [3.05, 3.63) is 35.4 Å². The van der Waals surface area contributed by atoms with Crippen LogP contribution in [0.2, 0.25) is 0 Å². The Labute approximate surface area is 112 Å². The Morgan fingerprint density at radius 3 is 2.79 bits per heavy atom. The van der Waals surface area contributed by atoms with Crippen molar-refractivity contribution < 1.29 is 14.7 Å². The zero-order valence-corrected chi connectivity index (χ0v) is 10.8. The van der Waals surface area contributed by atoms with Crippen molar-refractivity contribution in [1.29, 1.82) is 0 Å². The zero-order valence-electron chi connectivity index (χ0n) is 10.8. The monoisotopic (exact) mass is 262 g/mol. The molecule has 1 heterocycles. The Morgan fingerprint density at radius 2 is 2.11 bits per heavy atom. The van der Waals surface area contributed by atoms with E-state index in [-0.39, 0.29) is 18.5 Å². The van der Waals surface area contributed by atoms with E-state index in [1.54, 1.807) is 6.92 Å². The van der Waals surface area contributed by atoms with Crippen molar-refractivity contribution in [2.75, 3.05) is 6.54 Å². The molecule has 5 heteroatoms. The predicted molar refractivity (Wildman–Crippen MR) is 70.6 cm³/mol. The van der Waals surface area contributed by atoms with Crippen LogP contribution in [0.25, 0.3) is 0 Å². The normalized spacial score (nSPS) is 19.3. The van der Waals surface area contributed by atoms with Crippen molar-refractivity contribution in [1.82, 2.24) is 10.6 Å². The number of carbonyl (C=O) groups is 2. The number of amides is 1. The highest BCUT2D eigenvalue weighted by Crippen LogP contribution is 2.16. The van der Waals surface area contributed by atoms with Crippen molar-refractivity contribution in [2.24, 2.45) is 5.92 Å². The first-order chi connectivity index (χ1) is 9.08. The number of fused-ring (bicyclic) bond motifs is 1. The number of hydrogen-bond donors (Lipinski definition) is 3. The topological polar surface area (TPSA) is 78.4 Å². The molecule has 19 heavy (non-hydrogen) atoms. The lowest BCUT2D eigenvalue weighted by Gasteiger charge is -2.25. The minimum atomic E-state index is -0.901. The van der Waals surface area contributed by atoms with Gasteiger partial charge in [0.05, 0.1) is 12.0 Å². The minimum Gasteiger partial charge on any atom is -0.481 e. The first kappa shape index (κ1) is 13.5. The lowest BCUT2D eigenvalue weighted by Crippen LogP contribution is -2.48. The van der Waals surface area contributed by atoms with Crippen LogP contribution in [-0.2, 0) is 22.6 Å². The molecule has 3 N–H and O–H groups in total. The molecule has 0 bridgehead atoms. The Kier molecular flexibility index (Phi) is 4.16. The highest BCUT2D eigenvalue weighted by molar-refractivity contribution is 5.83. The number of rotatable bonds is 4. The van der Waals surface area contributed by atoms with Gasteiger partial charge in [0.1, 0.15) is 0 Å². The largest absolute Gasteiger partial charge is 0.481 e. The standard InChI is InChI=1S/C14H18N2O3/c1-9(14(18)19)7-16-13(17)12-6-10-4-2-3-5-11(10)8-15-12/h2-5,9,12,15H,6-8H2,1H3,(H,16,17)(H,18,19)/t9?,12-/m1/s1. The molecular formula is C14H18N2O3. The fourth-order valence-electron chi connectivity index (χ4n) is 2.10. The Bertz CT molecular complexity index is 487. The van der Waals surface area contributed by atoms with Crippen LogP contribution < -0.4 is 10.6 Å². The maximum atomic E-state index is 12.0. The van der Waals surface area contributed by atoms with Gasteiger partial charge >= 0.3 is 5.97 Å². The maximum absolute atomic E-state index is 12.0. The summed E-state index contributed by atoms with van der Waals surface area (Å²) in [5.41, 5.74) is 2.39. The van der Waals surface area contributed by atoms with E-state index >= 15 is 0 Å². The van der Waals surface area contributed by atoms with Crippen LogP contribution >= 0.6 is 0 Å². The Balaban J connectivity index is 1.90. The number of carbonyl (C=O) groups excluding carboxylic acids is 1. The molecule has 2 atom stereocenters. The summed E-state index contributed by atoms with van der Waals surface area (Å²) in [5, 5.41) is 14.6. The number of benzene rings is 1. The summed E-state index contributed by atoms with van der Waals surface area (Å²) in [6.45, 7) is 2.41. The van der Waals surface area contributed by atoms with Gasteiger partial charge in [-0.3, -0.25) is 9.59 Å². The summed E-state index contributed by atoms with van der Waals surface area (Å²) in [6.07, 6.45) is 0.642. The van der Waals surface area contributed by atoms with Crippen LogP contribution in [0, 0.1) is 5.92 Å². The zero-order chi connectivity index (χ0) is 13.8. The molecule has 1 aliphatic rings. The van der Waals surface area contributed by atoms with Crippen LogP contribution in [0.15, 0.2) is 24.3 Å². The molecule has 0 saturated carbocycles. The van der Waals surface area contributed by atoms with E-state index in [1.807, 2.05) is 24.3 Å². The number of carboxylic acid groups (broad SMARTS) is 1. The van der Waals surface area contributed by atoms with E-state index < -0.39 is 11.9 Å². The average molecular weight is 262 g/mol. The predicted octanol–water partition coefficient (Wildman–Crippen LogP) is 0.538. The van der Waals surface area contributed by atoms with Gasteiger partial charge in [0.15, 0.2) is 0 Å². The highest BCUT2D eigenvalue weighted by Gasteiger charge is 2.24. The molecule has 0 aliphatic carbocycles. The lowest BCUT2D eigenvalue weighted by molar-refractivity contribution is -0.141. The molecule has 1 amide bonds. The van der Waals surface area contributed by atoms with E-state index in [4.69, 9.17) is 5.11 Å². The van der Waals surface area contributed by atoms with Crippen molar-refractivity contribution in [3.8, 4) is 0 Å². The molecule has 0 radical (unpaired) electrons. The summed E-state index contributed by atoms with van der Waals surface area (Å²) in [4.78, 5) is 22.7. The van der Waals surface area contributed by atoms with Crippen LogP contribution in [0.5, 0.6) is 0 Å². The van der Waals surface area contributed by atoms with E-state index in [2.05, 4.69) is 10.6 Å². The van der Waals surface area contributed by atoms with E-state index in [9.17, 15) is 9.59 Å². The fourth-order valence-corrected chi connectivity index (χ4v) is 2.10. The summed E-state index contributed by atoms with van der Waals surface area (Å²) < 4.78 is 0. The van der Waals surface area contributed by atoms with Gasteiger partial charge in [-0.05, 0) is 17.5 Å². The summed E-state index contributed by atoms with van der Waals surface area (Å²) in [5.74, 6) is -1.61. The molecule has 0 spiro atoms. The number of hydrogen-bond acceptors (Lipinski definition) is 3. The fraction of sp³-hybridized carbons (Fsp3) is 0.429. The van der Waals surface area contributed by atoms with Gasteiger partial charge in [-0.1, -0.05) is 31.2 Å². The van der Waals surface area contributed by atoms with Gasteiger partial charge in [-0.15, -0.1) is 0 Å². The Morgan fingerprint density at radius 1 is 1.42 bits per heavy atom. The summed E-state index contributed by atoms with van der Waals surface area (Å²) in [6, 6.07) is 7.73. The molecule has 0 saturated heterocycles. The first-order valence-corrected chi connectivity index (χ1v) is 6.38. The van der Waals surface area contributed by atoms with E-state index in [1.165, 1.54) is 11.1 Å². The van der Waals surface area contributed by atoms with Crippen LogP contribution in [-0.4, -0.2) is 29.6 Å². The number of aliphatic carboxylic acids is 1. The summed E-state index contributed by atoms with van der Waals surface area (Å²) in [7, 11) is 0. The van der Waals surface area contributed by atoms with Crippen molar-refractivity contribution >= 4 is 11.9 Å². The SMILES string of the molecule is CC(CNC(=O)[C@H]1Cc2ccccc2CN1)C(=O)O. The van der Waals surface area contributed by atoms with Crippen LogP contribution in [0.4, 0.5) is 0 Å². The molecule has 1 aromatic carbocycles. The maximum Gasteiger partial charge on any atom is 0.308 e. The van der Waals surface area contributed by atoms with Gasteiger partial charge in [0, 0.05) is 13.1 Å². The molecule has 1 aromatic rings. The lowest BCUT2D eigenvalue weighted by atomic mass is 9.95. The molecule has 0 fully saturated rings. The van der Waals surface area contributed by atoms with Gasteiger partial charge in [-0.25, -0.2) is 0 Å². The second kappa shape index (κ2) is 5.84. The molecular weight excluding hydrogens is 244 g/mol. The van der Waals surface area contributed by atoms with E-state index in [0.717, 1.165) is 0 Å². The first-order valence-electron chi connectivity index (χ1n) is 6.38. The third kappa shape index (κ3) is 3.32. The summed E-state index contributed by atoms with van der Waals surface area (Å²) >= 11 is 0. The van der Waals surface area contributed by atoms with Crippen molar-refractivity contribution in [3.63, 3.8) is 0 Å². The molecule has 102 valence electrons. The van der Waals surface area contributed by atoms with Crippen LogP contribution in [0.3, 0.4) is 0 Å². The van der Waals surface area contributed by atoms with Gasteiger partial charge in [-0.2, -0.15) is 0 Å². The van der Waals surface area contributed by atoms with Gasteiger partial charge < -0.3 is 15.7 Å². The number of carboxylic acids is 1. The molecule has 5 nitrogen and oxygen atoms in total. The second-order valence-corrected chi connectivity index (χ2v) is 4.89. The van der Waals surface area contributed by atoms with Gasteiger partial charge in [0.25, 0.3) is 0 Å². The van der Waals surface area contributed by atoms with E-state index in [0.29, 0.717) is 13.0 Å². The minimum absolute atomic E-state index is 0.136.